The molecule has 1 heterocycles. The van der Waals surface area contributed by atoms with Gasteiger partial charge in [-0.15, -0.1) is 0 Å². The van der Waals surface area contributed by atoms with Crippen molar-refractivity contribution in [3.05, 3.63) is 36.0 Å². The van der Waals surface area contributed by atoms with Crippen molar-refractivity contribution >= 4 is 5.69 Å². The number of nitrogens with zero attached hydrogens (tertiary/aromatic N) is 1. The molecule has 0 radical (unpaired) electrons. The number of nitrogens with two attached hydrogens (primary N) is 1. The lowest BCUT2D eigenvalue weighted by Gasteiger charge is -2.19. The Balaban J connectivity index is 0.00000204. The highest BCUT2D eigenvalue weighted by molar-refractivity contribution is 5.74. The van der Waals surface area contributed by atoms with Gasteiger partial charge in [-0.3, -0.25) is 10.7 Å². The molecule has 0 spiro atoms. The van der Waals surface area contributed by atoms with Crippen LogP contribution < -0.4 is 20.5 Å². The fourth-order valence-corrected chi connectivity index (χ4v) is 2.56. The van der Waals surface area contributed by atoms with E-state index in [-0.39, 0.29) is 12.8 Å². The summed E-state index contributed by atoms with van der Waals surface area (Å²) in [5.41, 5.74) is 8.53. The number of hydrogen-bond donors (Lipinski definition) is 3. The quantitative estimate of drug-likeness (QED) is 0.506. The molecule has 0 aliphatic rings. The fraction of sp³-hybridized carbons (Fsp3) is 0.500. The van der Waals surface area contributed by atoms with Gasteiger partial charge in [0.2, 0.25) is 0 Å². The average molecular weight is 406 g/mol. The van der Waals surface area contributed by atoms with Crippen molar-refractivity contribution in [1.82, 2.24) is 4.98 Å². The highest BCUT2D eigenvalue weighted by Crippen LogP contribution is 2.40. The first kappa shape index (κ1) is 24.7. The minimum atomic E-state index is -0.973. The zero-order valence-corrected chi connectivity index (χ0v) is 18.4. The molecule has 0 amide bonds. The van der Waals surface area contributed by atoms with Crippen LogP contribution >= 0.6 is 0 Å². The Morgan fingerprint density at radius 3 is 2.45 bits per heavy atom. The van der Waals surface area contributed by atoms with Crippen LogP contribution in [0.2, 0.25) is 0 Å². The zero-order valence-electron chi connectivity index (χ0n) is 18.4. The molecule has 0 aliphatic heterocycles. The van der Waals surface area contributed by atoms with Crippen LogP contribution in [-0.4, -0.2) is 36.6 Å². The molecule has 1 aromatic carbocycles. The second kappa shape index (κ2) is 13.0. The lowest BCUT2D eigenvalue weighted by atomic mass is 10.1. The minimum absolute atomic E-state index is 0.0220. The van der Waals surface area contributed by atoms with Crippen molar-refractivity contribution in [3.63, 3.8) is 0 Å². The predicted molar refractivity (Wildman–Crippen MR) is 117 cm³/mol. The van der Waals surface area contributed by atoms with Crippen LogP contribution in [0.4, 0.5) is 5.69 Å². The first-order chi connectivity index (χ1) is 14.0. The maximum absolute atomic E-state index is 10.0. The number of pyridine rings is 1. The van der Waals surface area contributed by atoms with E-state index in [1.807, 2.05) is 52.8 Å². The largest absolute Gasteiger partial charge is 0.487 e. The van der Waals surface area contributed by atoms with Gasteiger partial charge in [0, 0.05) is 31.0 Å². The van der Waals surface area contributed by atoms with Gasteiger partial charge in [-0.1, -0.05) is 26.8 Å². The smallest absolute Gasteiger partial charge is 0.186 e. The third-order valence-electron chi connectivity index (χ3n) is 3.76. The normalized spacial score (nSPS) is 11.5. The second-order valence-electron chi connectivity index (χ2n) is 6.28. The van der Waals surface area contributed by atoms with Crippen LogP contribution in [0.3, 0.4) is 0 Å². The van der Waals surface area contributed by atoms with E-state index in [0.29, 0.717) is 23.7 Å². The summed E-state index contributed by atoms with van der Waals surface area (Å²) >= 11 is 0. The zero-order chi connectivity index (χ0) is 21.8. The number of anilines is 1. The monoisotopic (exact) mass is 405 g/mol. The van der Waals surface area contributed by atoms with Gasteiger partial charge in [-0.2, -0.15) is 0 Å². The van der Waals surface area contributed by atoms with Crippen molar-refractivity contribution in [3.8, 4) is 22.8 Å². The molecule has 0 fully saturated rings. The minimum Gasteiger partial charge on any atom is -0.487 e. The van der Waals surface area contributed by atoms with Crippen LogP contribution in [-0.2, 0) is 4.74 Å². The maximum Gasteiger partial charge on any atom is 0.186 e. The van der Waals surface area contributed by atoms with Crippen LogP contribution in [0.1, 0.15) is 52.9 Å². The standard InChI is InChI=1S/C20H29N3O4.C2H6/c1-5-8-25-20(24)14-6-7-16(23-11-14)15-9-17(22-4)19(26-12-21)18(10-15)27-13(2)3;1-2/h6-7,9-11,13,20,22,24H,5,8,12,21H2,1-4H3;1-2H3. The number of benzene rings is 1. The molecular weight excluding hydrogens is 370 g/mol. The van der Waals surface area contributed by atoms with E-state index in [1.165, 1.54) is 0 Å². The molecule has 7 nitrogen and oxygen atoms in total. The van der Waals surface area contributed by atoms with Crippen LogP contribution in [0.25, 0.3) is 11.3 Å². The Morgan fingerprint density at radius 2 is 1.93 bits per heavy atom. The number of hydrogen-bond acceptors (Lipinski definition) is 7. The van der Waals surface area contributed by atoms with Crippen molar-refractivity contribution in [2.75, 3.05) is 25.7 Å². The molecule has 2 rings (SSSR count). The molecule has 29 heavy (non-hydrogen) atoms. The molecule has 0 saturated heterocycles. The van der Waals surface area contributed by atoms with E-state index >= 15 is 0 Å². The Morgan fingerprint density at radius 1 is 1.21 bits per heavy atom. The molecule has 0 aliphatic carbocycles. The molecule has 1 aromatic heterocycles. The summed E-state index contributed by atoms with van der Waals surface area (Å²) in [6, 6.07) is 7.43. The number of aliphatic hydroxyl groups is 1. The van der Waals surface area contributed by atoms with Gasteiger partial charge in [0.25, 0.3) is 0 Å². The molecule has 0 bridgehead atoms. The van der Waals surface area contributed by atoms with Gasteiger partial charge in [-0.05, 0) is 38.5 Å². The molecule has 1 unspecified atom stereocenters. The van der Waals surface area contributed by atoms with E-state index in [0.717, 1.165) is 23.4 Å². The second-order valence-corrected chi connectivity index (χ2v) is 6.28. The number of nitrogens with one attached hydrogen (secondary N) is 1. The van der Waals surface area contributed by atoms with E-state index in [1.54, 1.807) is 19.3 Å². The summed E-state index contributed by atoms with van der Waals surface area (Å²) in [4.78, 5) is 4.46. The fourth-order valence-electron chi connectivity index (χ4n) is 2.56. The highest BCUT2D eigenvalue weighted by atomic mass is 16.6. The third kappa shape index (κ3) is 7.20. The number of aromatic nitrogens is 1. The van der Waals surface area contributed by atoms with E-state index < -0.39 is 6.29 Å². The van der Waals surface area contributed by atoms with E-state index in [9.17, 15) is 5.11 Å². The summed E-state index contributed by atoms with van der Waals surface area (Å²) in [6.45, 7) is 10.4. The maximum atomic E-state index is 10.0. The molecule has 0 saturated carbocycles. The molecule has 7 heteroatoms. The number of ether oxygens (including phenoxy) is 3. The van der Waals surface area contributed by atoms with Crippen molar-refractivity contribution in [1.29, 1.82) is 0 Å². The highest BCUT2D eigenvalue weighted by Gasteiger charge is 2.16. The number of aliphatic hydroxyl groups excluding tert-OH is 1. The van der Waals surface area contributed by atoms with Crippen molar-refractivity contribution in [2.45, 2.75) is 53.4 Å². The van der Waals surface area contributed by atoms with Crippen molar-refractivity contribution < 1.29 is 19.3 Å². The molecule has 4 N–H and O–H groups in total. The van der Waals surface area contributed by atoms with Gasteiger partial charge in [0.15, 0.2) is 17.8 Å². The summed E-state index contributed by atoms with van der Waals surface area (Å²) in [7, 11) is 1.81. The Labute approximate surface area is 174 Å². The predicted octanol–water partition coefficient (Wildman–Crippen LogP) is 4.32. The molecular formula is C22H35N3O4. The molecule has 1 atom stereocenters. The van der Waals surface area contributed by atoms with Crippen LogP contribution in [0, 0.1) is 0 Å². The topological polar surface area (TPSA) is 98.9 Å². The number of rotatable bonds is 10. The van der Waals surface area contributed by atoms with Crippen molar-refractivity contribution in [2.24, 2.45) is 5.73 Å². The van der Waals surface area contributed by atoms with Gasteiger partial charge >= 0.3 is 0 Å². The first-order valence-electron chi connectivity index (χ1n) is 10.1. The first-order valence-corrected chi connectivity index (χ1v) is 10.1. The van der Waals surface area contributed by atoms with E-state index in [4.69, 9.17) is 19.9 Å². The molecule has 2 aromatic rings. The summed E-state index contributed by atoms with van der Waals surface area (Å²) in [6.07, 6.45) is 1.46. The van der Waals surface area contributed by atoms with E-state index in [2.05, 4.69) is 10.3 Å². The summed E-state index contributed by atoms with van der Waals surface area (Å²) in [5, 5.41) is 13.1. The Bertz CT molecular complexity index is 721. The van der Waals surface area contributed by atoms with Gasteiger partial charge in [0.1, 0.15) is 6.73 Å². The third-order valence-corrected chi connectivity index (χ3v) is 3.76. The summed E-state index contributed by atoms with van der Waals surface area (Å²) in [5.74, 6) is 1.16. The van der Waals surface area contributed by atoms with Crippen LogP contribution in [0.15, 0.2) is 30.5 Å². The van der Waals surface area contributed by atoms with Crippen LogP contribution in [0.5, 0.6) is 11.5 Å². The van der Waals surface area contributed by atoms with Gasteiger partial charge in [-0.25, -0.2) is 0 Å². The average Bonchev–Trinajstić information content (AvgIpc) is 2.74. The Hall–Kier alpha value is -2.35. The van der Waals surface area contributed by atoms with Gasteiger partial charge < -0.3 is 24.6 Å². The SMILES string of the molecule is CC.CCCOC(O)c1ccc(-c2cc(NC)c(OCN)c(OC(C)C)c2)nc1. The summed E-state index contributed by atoms with van der Waals surface area (Å²) < 4.78 is 16.8. The lowest BCUT2D eigenvalue weighted by molar-refractivity contribution is -0.102. The molecule has 162 valence electrons. The lowest BCUT2D eigenvalue weighted by Crippen LogP contribution is -2.13. The van der Waals surface area contributed by atoms with Gasteiger partial charge in [0.05, 0.1) is 17.5 Å². The Kier molecular flexibility index (Phi) is 11.1.